The van der Waals surface area contributed by atoms with E-state index < -0.39 is 5.25 Å². The van der Waals surface area contributed by atoms with E-state index in [1.165, 1.54) is 11.8 Å². The quantitative estimate of drug-likeness (QED) is 0.530. The smallest absolute Gasteiger partial charge is 0.262 e. The van der Waals surface area contributed by atoms with Crippen molar-refractivity contribution in [3.05, 3.63) is 64.4 Å². The highest BCUT2D eigenvalue weighted by Crippen LogP contribution is 2.37. The van der Waals surface area contributed by atoms with Crippen molar-refractivity contribution in [2.45, 2.75) is 36.2 Å². The van der Waals surface area contributed by atoms with Gasteiger partial charge in [0.1, 0.15) is 6.07 Å². The maximum atomic E-state index is 12.9. The molecule has 1 amide bonds. The molecule has 1 atom stereocenters. The number of hydrogen-bond acceptors (Lipinski definition) is 5. The number of nitriles is 1. The molecule has 28 heavy (non-hydrogen) atoms. The summed E-state index contributed by atoms with van der Waals surface area (Å²) < 4.78 is 1.72. The second-order valence-corrected chi connectivity index (χ2v) is 8.03. The number of rotatable bonds is 5. The monoisotopic (exact) mass is 390 g/mol. The average Bonchev–Trinajstić information content (AvgIpc) is 3.53. The van der Waals surface area contributed by atoms with Crippen molar-refractivity contribution in [1.29, 1.82) is 5.26 Å². The van der Waals surface area contributed by atoms with E-state index in [9.17, 15) is 14.9 Å². The molecule has 7 heteroatoms. The summed E-state index contributed by atoms with van der Waals surface area (Å²) in [6.07, 6.45) is 1.90. The van der Waals surface area contributed by atoms with Gasteiger partial charge in [0, 0.05) is 6.04 Å². The van der Waals surface area contributed by atoms with Crippen LogP contribution in [0.25, 0.3) is 10.9 Å². The lowest BCUT2D eigenvalue weighted by Gasteiger charge is -2.16. The first-order chi connectivity index (χ1) is 13.6. The van der Waals surface area contributed by atoms with Crippen molar-refractivity contribution in [2.75, 3.05) is 5.32 Å². The molecule has 1 aliphatic carbocycles. The Bertz CT molecular complexity index is 1160. The number of fused-ring (bicyclic) bond motifs is 1. The van der Waals surface area contributed by atoms with Crippen LogP contribution in [0.3, 0.4) is 0 Å². The first-order valence-corrected chi connectivity index (χ1v) is 9.94. The number of para-hydroxylation sites is 2. The number of nitrogens with zero attached hydrogens (tertiary/aromatic N) is 3. The highest BCUT2D eigenvalue weighted by atomic mass is 32.2. The molecule has 140 valence electrons. The number of amides is 1. The Morgan fingerprint density at radius 2 is 1.96 bits per heavy atom. The number of thioether (sulfide) groups is 1. The third kappa shape index (κ3) is 3.51. The summed E-state index contributed by atoms with van der Waals surface area (Å²) in [7, 11) is 0. The van der Waals surface area contributed by atoms with Gasteiger partial charge in [-0.25, -0.2) is 4.98 Å². The molecule has 6 nitrogen and oxygen atoms in total. The molecule has 0 saturated heterocycles. The lowest BCUT2D eigenvalue weighted by Crippen LogP contribution is -2.26. The third-order valence-corrected chi connectivity index (χ3v) is 5.71. The summed E-state index contributed by atoms with van der Waals surface area (Å²) in [5.41, 5.74) is 1.47. The Morgan fingerprint density at radius 1 is 1.25 bits per heavy atom. The maximum absolute atomic E-state index is 12.9. The van der Waals surface area contributed by atoms with Crippen LogP contribution in [0.4, 0.5) is 5.69 Å². The van der Waals surface area contributed by atoms with Crippen LogP contribution in [0.5, 0.6) is 0 Å². The molecule has 0 unspecified atom stereocenters. The maximum Gasteiger partial charge on any atom is 0.262 e. The van der Waals surface area contributed by atoms with E-state index in [0.717, 1.165) is 12.8 Å². The van der Waals surface area contributed by atoms with Crippen LogP contribution in [0.15, 0.2) is 58.5 Å². The minimum atomic E-state index is -0.482. The van der Waals surface area contributed by atoms with Crippen LogP contribution in [-0.2, 0) is 4.79 Å². The van der Waals surface area contributed by atoms with E-state index in [1.807, 2.05) is 18.2 Å². The van der Waals surface area contributed by atoms with Gasteiger partial charge in [-0.15, -0.1) is 0 Å². The zero-order chi connectivity index (χ0) is 19.7. The molecule has 2 aromatic carbocycles. The SMILES string of the molecule is C[C@H](Sc1nc2ccccc2c(=O)n1C1CC1)C(=O)Nc1ccccc1C#N. The van der Waals surface area contributed by atoms with Gasteiger partial charge in [-0.1, -0.05) is 36.0 Å². The van der Waals surface area contributed by atoms with Gasteiger partial charge in [0.2, 0.25) is 5.91 Å². The number of carbonyl (C=O) groups excluding carboxylic acids is 1. The molecular formula is C21H18N4O2S. The first-order valence-electron chi connectivity index (χ1n) is 9.06. The van der Waals surface area contributed by atoms with E-state index in [4.69, 9.17) is 0 Å². The first kappa shape index (κ1) is 18.3. The van der Waals surface area contributed by atoms with Gasteiger partial charge >= 0.3 is 0 Å². The van der Waals surface area contributed by atoms with E-state index >= 15 is 0 Å². The van der Waals surface area contributed by atoms with E-state index in [1.54, 1.807) is 41.8 Å². The number of benzene rings is 2. The minimum Gasteiger partial charge on any atom is -0.324 e. The van der Waals surface area contributed by atoms with Crippen LogP contribution in [0.1, 0.15) is 31.4 Å². The molecule has 1 aliphatic rings. The predicted molar refractivity (Wildman–Crippen MR) is 109 cm³/mol. The van der Waals surface area contributed by atoms with Gasteiger partial charge in [0.25, 0.3) is 5.56 Å². The Balaban J connectivity index is 1.62. The zero-order valence-electron chi connectivity index (χ0n) is 15.3. The lowest BCUT2D eigenvalue weighted by molar-refractivity contribution is -0.115. The zero-order valence-corrected chi connectivity index (χ0v) is 16.1. The summed E-state index contributed by atoms with van der Waals surface area (Å²) in [5.74, 6) is -0.238. The summed E-state index contributed by atoms with van der Waals surface area (Å²) in [5, 5.41) is 12.7. The van der Waals surface area contributed by atoms with Crippen molar-refractivity contribution in [3.8, 4) is 6.07 Å². The molecule has 1 N–H and O–H groups in total. The Labute approximate surface area is 166 Å². The number of nitrogens with one attached hydrogen (secondary N) is 1. The molecule has 0 aliphatic heterocycles. The lowest BCUT2D eigenvalue weighted by atomic mass is 10.2. The molecule has 1 fully saturated rings. The van der Waals surface area contributed by atoms with Crippen LogP contribution < -0.4 is 10.9 Å². The Morgan fingerprint density at radius 3 is 2.71 bits per heavy atom. The number of carbonyl (C=O) groups is 1. The Kier molecular flexibility index (Phi) is 4.88. The van der Waals surface area contributed by atoms with Crippen LogP contribution >= 0.6 is 11.8 Å². The molecule has 0 bridgehead atoms. The highest BCUT2D eigenvalue weighted by Gasteiger charge is 2.30. The fraction of sp³-hybridized carbons (Fsp3) is 0.238. The third-order valence-electron chi connectivity index (χ3n) is 4.64. The molecular weight excluding hydrogens is 372 g/mol. The second kappa shape index (κ2) is 7.49. The van der Waals surface area contributed by atoms with E-state index in [-0.39, 0.29) is 17.5 Å². The molecule has 1 saturated carbocycles. The number of aromatic nitrogens is 2. The van der Waals surface area contributed by atoms with Gasteiger partial charge in [-0.2, -0.15) is 5.26 Å². The van der Waals surface area contributed by atoms with Gasteiger partial charge in [-0.05, 0) is 44.0 Å². The average molecular weight is 390 g/mol. The standard InChI is InChI=1S/C21H18N4O2S/c1-13(19(26)23-17-8-4-2-6-14(17)12-22)28-21-24-18-9-5-3-7-16(18)20(27)25(21)15-10-11-15/h2-9,13,15H,10-11H2,1H3,(H,23,26)/t13-/m0/s1. The molecule has 0 spiro atoms. The molecule has 3 aromatic rings. The van der Waals surface area contributed by atoms with E-state index in [0.29, 0.717) is 27.3 Å². The molecule has 0 radical (unpaired) electrons. The normalized spacial score (nSPS) is 14.4. The van der Waals surface area contributed by atoms with Crippen molar-refractivity contribution in [1.82, 2.24) is 9.55 Å². The summed E-state index contributed by atoms with van der Waals surface area (Å²) >= 11 is 1.27. The van der Waals surface area contributed by atoms with Crippen molar-refractivity contribution >= 4 is 34.3 Å². The number of hydrogen-bond donors (Lipinski definition) is 1. The van der Waals surface area contributed by atoms with Crippen molar-refractivity contribution < 1.29 is 4.79 Å². The van der Waals surface area contributed by atoms with Gasteiger partial charge in [0.05, 0.1) is 27.4 Å². The van der Waals surface area contributed by atoms with Crippen molar-refractivity contribution in [2.24, 2.45) is 0 Å². The van der Waals surface area contributed by atoms with Crippen molar-refractivity contribution in [3.63, 3.8) is 0 Å². The predicted octanol–water partition coefficient (Wildman–Crippen LogP) is 3.72. The fourth-order valence-electron chi connectivity index (χ4n) is 3.00. The number of anilines is 1. The van der Waals surface area contributed by atoms with Gasteiger partial charge < -0.3 is 5.32 Å². The molecule has 1 heterocycles. The largest absolute Gasteiger partial charge is 0.324 e. The van der Waals surface area contributed by atoms with Crippen LogP contribution in [0.2, 0.25) is 0 Å². The summed E-state index contributed by atoms with van der Waals surface area (Å²) in [4.78, 5) is 30.3. The van der Waals surface area contributed by atoms with Gasteiger partial charge in [0.15, 0.2) is 5.16 Å². The Hall–Kier alpha value is -3.11. The van der Waals surface area contributed by atoms with E-state index in [2.05, 4.69) is 16.4 Å². The summed E-state index contributed by atoms with van der Waals surface area (Å²) in [6.45, 7) is 1.77. The highest BCUT2D eigenvalue weighted by molar-refractivity contribution is 8.00. The molecule has 1 aromatic heterocycles. The second-order valence-electron chi connectivity index (χ2n) is 6.72. The fourth-order valence-corrected chi connectivity index (χ4v) is 3.98. The minimum absolute atomic E-state index is 0.0574. The molecule has 4 rings (SSSR count). The topological polar surface area (TPSA) is 87.8 Å². The van der Waals surface area contributed by atoms with Gasteiger partial charge in [-0.3, -0.25) is 14.2 Å². The van der Waals surface area contributed by atoms with Crippen LogP contribution in [-0.4, -0.2) is 20.7 Å². The summed E-state index contributed by atoms with van der Waals surface area (Å²) in [6, 6.07) is 16.4. The van der Waals surface area contributed by atoms with Crippen LogP contribution in [0, 0.1) is 11.3 Å².